The molecule has 2 unspecified atom stereocenters. The number of imidazole rings is 1. The average molecular weight is 554 g/mol. The van der Waals surface area contributed by atoms with Gasteiger partial charge in [-0.3, -0.25) is 14.7 Å². The van der Waals surface area contributed by atoms with Crippen molar-refractivity contribution in [3.8, 4) is 11.8 Å². The molecule has 2 aliphatic rings. The molecule has 3 aromatic rings. The highest BCUT2D eigenvalue weighted by Crippen LogP contribution is 2.31. The number of allylic oxidation sites excluding steroid dienone is 1. The molecule has 1 aromatic carbocycles. The number of carbonyl (C=O) groups excluding carboxylic acids is 2. The molecular formula is C29H40FN7O3. The number of likely N-dealkylation sites (N-methyl/N-ethyl adjacent to an activating group) is 1. The minimum absolute atomic E-state index is 0.245. The van der Waals surface area contributed by atoms with Crippen LogP contribution in [0.25, 0.3) is 11.0 Å². The van der Waals surface area contributed by atoms with Crippen LogP contribution in [-0.4, -0.2) is 84.7 Å². The van der Waals surface area contributed by atoms with Crippen LogP contribution in [0.4, 0.5) is 10.2 Å². The predicted octanol–water partition coefficient (Wildman–Crippen LogP) is 3.33. The van der Waals surface area contributed by atoms with Gasteiger partial charge in [0.05, 0.1) is 28.8 Å². The van der Waals surface area contributed by atoms with Gasteiger partial charge in [0.2, 0.25) is 0 Å². The first-order chi connectivity index (χ1) is 19.4. The molecule has 4 N–H and O–H groups in total. The number of ether oxygens (including phenoxy) is 1. The van der Waals surface area contributed by atoms with Crippen molar-refractivity contribution in [2.45, 2.75) is 44.7 Å². The number of aromatic nitrogens is 4. The van der Waals surface area contributed by atoms with Crippen LogP contribution in [0.3, 0.4) is 0 Å². The third kappa shape index (κ3) is 7.85. The van der Waals surface area contributed by atoms with Gasteiger partial charge in [-0.2, -0.15) is 5.10 Å². The van der Waals surface area contributed by atoms with Crippen molar-refractivity contribution in [3.63, 3.8) is 0 Å². The molecule has 1 saturated heterocycles. The first-order valence-corrected chi connectivity index (χ1v) is 13.1. The molecule has 11 heteroatoms. The predicted molar refractivity (Wildman–Crippen MR) is 156 cm³/mol. The van der Waals surface area contributed by atoms with Crippen molar-refractivity contribution in [1.29, 1.82) is 0 Å². The zero-order valence-electron chi connectivity index (χ0n) is 24.0. The molecule has 0 bridgehead atoms. The largest absolute Gasteiger partial charge is 0.383 e. The van der Waals surface area contributed by atoms with Gasteiger partial charge in [-0.25, -0.2) is 9.37 Å². The Morgan fingerprint density at radius 2 is 2.02 bits per heavy atom. The first-order valence-electron chi connectivity index (χ1n) is 13.1. The summed E-state index contributed by atoms with van der Waals surface area (Å²) < 4.78 is 21.6. The number of carbonyl (C=O) groups is 2. The van der Waals surface area contributed by atoms with Gasteiger partial charge in [0.15, 0.2) is 12.1 Å². The average Bonchev–Trinajstić information content (AvgIpc) is 3.74. The Bertz CT molecular complexity index is 1330. The second-order valence-corrected chi connectivity index (χ2v) is 9.19. The van der Waals surface area contributed by atoms with E-state index in [0.29, 0.717) is 41.7 Å². The van der Waals surface area contributed by atoms with Crippen LogP contribution in [0.2, 0.25) is 0 Å². The van der Waals surface area contributed by atoms with Crippen molar-refractivity contribution >= 4 is 29.4 Å². The van der Waals surface area contributed by atoms with Crippen molar-refractivity contribution in [2.75, 3.05) is 46.7 Å². The fourth-order valence-electron chi connectivity index (χ4n) is 4.66. The fourth-order valence-corrected chi connectivity index (χ4v) is 4.66. The molecule has 4 heterocycles. The summed E-state index contributed by atoms with van der Waals surface area (Å²) in [5.74, 6) is 6.56. The number of nitrogens with zero attached hydrogens (tertiary/aromatic N) is 4. The SMILES string of the molecule is C=CC=O.CN.CNc1n[nH]c(C#Cc2cc3nc4n(c3cc2F)C(C)CC4)c1C=O.COCC1CCCN1C. The Labute approximate surface area is 235 Å². The van der Waals surface area contributed by atoms with E-state index in [4.69, 9.17) is 9.53 Å². The molecule has 1 fully saturated rings. The zero-order valence-corrected chi connectivity index (χ0v) is 24.0. The highest BCUT2D eigenvalue weighted by Gasteiger charge is 2.23. The molecule has 10 nitrogen and oxygen atoms in total. The van der Waals surface area contributed by atoms with E-state index in [1.165, 1.54) is 38.6 Å². The number of anilines is 1. The number of aldehydes is 2. The Balaban J connectivity index is 0.000000310. The summed E-state index contributed by atoms with van der Waals surface area (Å²) in [5, 5.41) is 9.43. The summed E-state index contributed by atoms with van der Waals surface area (Å²) in [7, 11) is 7.09. The molecule has 0 saturated carbocycles. The van der Waals surface area contributed by atoms with Gasteiger partial charge < -0.3 is 25.3 Å². The Hall–Kier alpha value is -3.85. The number of methoxy groups -OCH3 is 1. The second kappa shape index (κ2) is 16.3. The van der Waals surface area contributed by atoms with Gasteiger partial charge in [0.1, 0.15) is 23.6 Å². The maximum atomic E-state index is 14.5. The number of H-pyrrole nitrogens is 1. The van der Waals surface area contributed by atoms with Crippen molar-refractivity contribution in [2.24, 2.45) is 5.73 Å². The number of nitrogens with one attached hydrogen (secondary N) is 2. The minimum atomic E-state index is -0.400. The lowest BCUT2D eigenvalue weighted by molar-refractivity contribution is -0.104. The van der Waals surface area contributed by atoms with Crippen LogP contribution in [-0.2, 0) is 16.0 Å². The Morgan fingerprint density at radius 3 is 2.60 bits per heavy atom. The van der Waals surface area contributed by atoms with Crippen LogP contribution >= 0.6 is 0 Å². The minimum Gasteiger partial charge on any atom is -0.383 e. The van der Waals surface area contributed by atoms with E-state index >= 15 is 0 Å². The molecule has 0 aliphatic carbocycles. The fraction of sp³-hybridized carbons (Fsp3) is 0.448. The smallest absolute Gasteiger partial charge is 0.159 e. The summed E-state index contributed by atoms with van der Waals surface area (Å²) >= 11 is 0. The van der Waals surface area contributed by atoms with Crippen LogP contribution in [0, 0.1) is 17.7 Å². The molecule has 216 valence electrons. The van der Waals surface area contributed by atoms with Crippen molar-refractivity contribution in [3.05, 3.63) is 53.3 Å². The van der Waals surface area contributed by atoms with Crippen LogP contribution in [0.5, 0.6) is 0 Å². The third-order valence-electron chi connectivity index (χ3n) is 6.69. The molecular weight excluding hydrogens is 513 g/mol. The first kappa shape index (κ1) is 32.4. The van der Waals surface area contributed by atoms with Gasteiger partial charge in [-0.1, -0.05) is 12.5 Å². The monoisotopic (exact) mass is 553 g/mol. The number of hydrogen-bond donors (Lipinski definition) is 3. The molecule has 0 amide bonds. The maximum Gasteiger partial charge on any atom is 0.159 e. The standard InChI is InChI=1S/C18H16FN5O.C7H15NO.C3H4O.CH5N/c1-10-3-6-17-21-15-7-11(13(19)8-16(15)24(10)17)4-5-14-12(9-25)18(20-2)23-22-14;1-8-5-3-4-7(8)6-9-2;1-2-3-4;1-2/h7-10H,3,6H2,1-2H3,(H2,20,22,23);7H,3-6H2,1-2H3;2-3H,1H2;2H2,1H3. The van der Waals surface area contributed by atoms with E-state index in [-0.39, 0.29) is 5.56 Å². The van der Waals surface area contributed by atoms with E-state index in [1.54, 1.807) is 20.2 Å². The summed E-state index contributed by atoms with van der Waals surface area (Å²) in [6.45, 7) is 7.37. The lowest BCUT2D eigenvalue weighted by Gasteiger charge is -2.17. The van der Waals surface area contributed by atoms with Crippen LogP contribution in [0.15, 0.2) is 24.8 Å². The molecule has 40 heavy (non-hydrogen) atoms. The second-order valence-electron chi connectivity index (χ2n) is 9.19. The Morgan fingerprint density at radius 1 is 1.30 bits per heavy atom. The van der Waals surface area contributed by atoms with Crippen molar-refractivity contribution < 1.29 is 18.7 Å². The number of fused-ring (bicyclic) bond motifs is 3. The van der Waals surface area contributed by atoms with Gasteiger partial charge in [0.25, 0.3) is 0 Å². The molecule has 2 aliphatic heterocycles. The topological polar surface area (TPSA) is 131 Å². The van der Waals surface area contributed by atoms with Crippen molar-refractivity contribution in [1.82, 2.24) is 24.6 Å². The van der Waals surface area contributed by atoms with E-state index in [2.05, 4.69) is 68.1 Å². The summed E-state index contributed by atoms with van der Waals surface area (Å²) in [6, 6.07) is 4.17. The lowest BCUT2D eigenvalue weighted by Crippen LogP contribution is -2.28. The molecule has 2 atom stereocenters. The summed E-state index contributed by atoms with van der Waals surface area (Å²) in [5.41, 5.74) is 6.96. The normalized spacial score (nSPS) is 17.1. The van der Waals surface area contributed by atoms with E-state index in [1.807, 2.05) is 0 Å². The van der Waals surface area contributed by atoms with Gasteiger partial charge in [-0.15, -0.1) is 0 Å². The van der Waals surface area contributed by atoms with Gasteiger partial charge in [-0.05, 0) is 64.9 Å². The van der Waals surface area contributed by atoms with Gasteiger partial charge >= 0.3 is 0 Å². The molecule has 0 radical (unpaired) electrons. The number of hydrogen-bond acceptors (Lipinski definition) is 8. The van der Waals surface area contributed by atoms with Crippen LogP contribution < -0.4 is 11.1 Å². The highest BCUT2D eigenvalue weighted by atomic mass is 19.1. The molecule has 5 rings (SSSR count). The summed E-state index contributed by atoms with van der Waals surface area (Å²) in [4.78, 5) is 27.2. The van der Waals surface area contributed by atoms with E-state index in [9.17, 15) is 9.18 Å². The molecule has 0 spiro atoms. The lowest BCUT2D eigenvalue weighted by atomic mass is 10.1. The number of benzene rings is 1. The van der Waals surface area contributed by atoms with Gasteiger partial charge in [0, 0.05) is 38.7 Å². The number of likely N-dealkylation sites (tertiary alicyclic amines) is 1. The highest BCUT2D eigenvalue weighted by molar-refractivity contribution is 5.86. The van der Waals surface area contributed by atoms with Crippen LogP contribution in [0.1, 0.15) is 59.7 Å². The van der Waals surface area contributed by atoms with E-state index < -0.39 is 5.82 Å². The summed E-state index contributed by atoms with van der Waals surface area (Å²) in [6.07, 6.45) is 7.08. The quantitative estimate of drug-likeness (QED) is 0.249. The third-order valence-corrected chi connectivity index (χ3v) is 6.69. The molecule has 2 aromatic heterocycles. The number of aromatic amines is 1. The number of nitrogens with two attached hydrogens (primary N) is 1. The number of rotatable bonds is 5. The zero-order chi connectivity index (χ0) is 29.7. The number of halogens is 1. The van der Waals surface area contributed by atoms with E-state index in [0.717, 1.165) is 36.3 Å². The Kier molecular flexibility index (Phi) is 13.2. The number of aryl methyl sites for hydroxylation is 1. The maximum absolute atomic E-state index is 14.5.